The lowest BCUT2D eigenvalue weighted by Crippen LogP contribution is -2.46. The molecule has 0 aromatic rings. The van der Waals surface area contributed by atoms with E-state index in [1.807, 2.05) is 0 Å². The third-order valence-electron chi connectivity index (χ3n) is 3.88. The van der Waals surface area contributed by atoms with Crippen molar-refractivity contribution in [2.24, 2.45) is 17.8 Å². The van der Waals surface area contributed by atoms with Crippen molar-refractivity contribution in [3.8, 4) is 0 Å². The summed E-state index contributed by atoms with van der Waals surface area (Å²) in [5, 5.41) is 6.42. The first-order valence-electron chi connectivity index (χ1n) is 6.63. The highest BCUT2D eigenvalue weighted by molar-refractivity contribution is 5.76. The fraction of sp³-hybridized carbons (Fsp3) is 0.923. The van der Waals surface area contributed by atoms with Crippen LogP contribution in [0.5, 0.6) is 0 Å². The number of nitrogens with one attached hydrogen (secondary N) is 2. The average Bonchev–Trinajstić information content (AvgIpc) is 2.09. The zero-order chi connectivity index (χ0) is 11.5. The fourth-order valence-electron chi connectivity index (χ4n) is 3.11. The summed E-state index contributed by atoms with van der Waals surface area (Å²) in [4.78, 5) is 11.8. The minimum absolute atomic E-state index is 0.262. The van der Waals surface area contributed by atoms with Gasteiger partial charge in [0.2, 0.25) is 5.91 Å². The van der Waals surface area contributed by atoms with Crippen molar-refractivity contribution in [3.05, 3.63) is 0 Å². The molecule has 16 heavy (non-hydrogen) atoms. The quantitative estimate of drug-likeness (QED) is 0.763. The Hall–Kier alpha value is -0.570. The van der Waals surface area contributed by atoms with Crippen molar-refractivity contribution in [3.63, 3.8) is 0 Å². The lowest BCUT2D eigenvalue weighted by Gasteiger charge is -2.33. The van der Waals surface area contributed by atoms with E-state index >= 15 is 0 Å². The summed E-state index contributed by atoms with van der Waals surface area (Å²) in [6, 6.07) is 0.430. The Bertz CT molecular complexity index is 240. The number of carbonyl (C=O) groups is 1. The second kappa shape index (κ2) is 5.17. The van der Waals surface area contributed by atoms with Crippen LogP contribution >= 0.6 is 0 Å². The van der Waals surface area contributed by atoms with Gasteiger partial charge in [-0.25, -0.2) is 0 Å². The van der Waals surface area contributed by atoms with Crippen LogP contribution in [0.15, 0.2) is 0 Å². The third kappa shape index (κ3) is 3.21. The van der Waals surface area contributed by atoms with Gasteiger partial charge >= 0.3 is 0 Å². The molecule has 2 unspecified atom stereocenters. The second-order valence-electron chi connectivity index (χ2n) is 5.91. The lowest BCUT2D eigenvalue weighted by atomic mass is 9.80. The number of amides is 1. The molecule has 92 valence electrons. The van der Waals surface area contributed by atoms with E-state index in [9.17, 15) is 4.79 Å². The van der Waals surface area contributed by atoms with Crippen molar-refractivity contribution >= 4 is 5.91 Å². The number of hydrogen-bond acceptors (Lipinski definition) is 2. The van der Waals surface area contributed by atoms with Crippen LogP contribution in [0.3, 0.4) is 0 Å². The van der Waals surface area contributed by atoms with Crippen LogP contribution in [0.1, 0.15) is 39.5 Å². The molecule has 2 fully saturated rings. The van der Waals surface area contributed by atoms with E-state index in [0.717, 1.165) is 24.9 Å². The highest BCUT2D eigenvalue weighted by Gasteiger charge is 2.26. The zero-order valence-corrected chi connectivity index (χ0v) is 10.5. The first-order valence-corrected chi connectivity index (χ1v) is 6.63. The van der Waals surface area contributed by atoms with Gasteiger partial charge in [0.1, 0.15) is 0 Å². The lowest BCUT2D eigenvalue weighted by molar-refractivity contribution is -0.123. The topological polar surface area (TPSA) is 41.1 Å². The molecule has 1 aliphatic carbocycles. The molecule has 1 aliphatic heterocycles. The van der Waals surface area contributed by atoms with Gasteiger partial charge in [0.05, 0.1) is 0 Å². The number of hydrogen-bond donors (Lipinski definition) is 2. The third-order valence-corrected chi connectivity index (χ3v) is 3.88. The van der Waals surface area contributed by atoms with E-state index in [1.165, 1.54) is 19.3 Å². The summed E-state index contributed by atoms with van der Waals surface area (Å²) in [7, 11) is 0. The molecule has 0 radical (unpaired) electrons. The minimum Gasteiger partial charge on any atom is -0.353 e. The molecule has 2 N–H and O–H groups in total. The van der Waals surface area contributed by atoms with Crippen LogP contribution in [0, 0.1) is 17.8 Å². The normalized spacial score (nSPS) is 35.5. The van der Waals surface area contributed by atoms with E-state index in [-0.39, 0.29) is 5.91 Å². The highest BCUT2D eigenvalue weighted by Crippen LogP contribution is 2.28. The van der Waals surface area contributed by atoms with Gasteiger partial charge in [0.25, 0.3) is 0 Å². The Morgan fingerprint density at radius 2 is 1.81 bits per heavy atom. The largest absolute Gasteiger partial charge is 0.353 e. The van der Waals surface area contributed by atoms with Gasteiger partial charge in [-0.3, -0.25) is 4.79 Å². The summed E-state index contributed by atoms with van der Waals surface area (Å²) in [6.07, 6.45) is 4.36. The predicted molar refractivity (Wildman–Crippen MR) is 65.1 cm³/mol. The van der Waals surface area contributed by atoms with E-state index in [0.29, 0.717) is 18.4 Å². The van der Waals surface area contributed by atoms with Crippen molar-refractivity contribution in [2.45, 2.75) is 45.6 Å². The summed E-state index contributed by atoms with van der Waals surface area (Å²) in [6.45, 7) is 6.63. The summed E-state index contributed by atoms with van der Waals surface area (Å²) >= 11 is 0. The smallest absolute Gasteiger partial charge is 0.220 e. The molecule has 1 amide bonds. The molecule has 2 rings (SSSR count). The SMILES string of the molecule is CC1CC(C)CC(NC(=O)CC2CNC2)C1. The van der Waals surface area contributed by atoms with Crippen LogP contribution < -0.4 is 10.6 Å². The zero-order valence-electron chi connectivity index (χ0n) is 10.5. The van der Waals surface area contributed by atoms with Crippen molar-refractivity contribution in [1.82, 2.24) is 10.6 Å². The fourth-order valence-corrected chi connectivity index (χ4v) is 3.11. The van der Waals surface area contributed by atoms with Crippen molar-refractivity contribution in [2.75, 3.05) is 13.1 Å². The van der Waals surface area contributed by atoms with E-state index in [1.54, 1.807) is 0 Å². The molecule has 3 nitrogen and oxygen atoms in total. The maximum atomic E-state index is 11.8. The van der Waals surface area contributed by atoms with Gasteiger partial charge in [-0.1, -0.05) is 13.8 Å². The van der Waals surface area contributed by atoms with Gasteiger partial charge in [0.15, 0.2) is 0 Å². The molecule has 1 saturated heterocycles. The van der Waals surface area contributed by atoms with E-state index in [4.69, 9.17) is 0 Å². The molecule has 0 aromatic heterocycles. The molecular formula is C13H24N2O. The molecular weight excluding hydrogens is 200 g/mol. The second-order valence-corrected chi connectivity index (χ2v) is 5.91. The Kier molecular flexibility index (Phi) is 3.85. The van der Waals surface area contributed by atoms with Crippen LogP contribution in [0.4, 0.5) is 0 Å². The van der Waals surface area contributed by atoms with E-state index < -0.39 is 0 Å². The van der Waals surface area contributed by atoms with Gasteiger partial charge < -0.3 is 10.6 Å². The van der Waals surface area contributed by atoms with Crippen molar-refractivity contribution in [1.29, 1.82) is 0 Å². The van der Waals surface area contributed by atoms with Gasteiger partial charge in [-0.05, 0) is 50.1 Å². The van der Waals surface area contributed by atoms with Crippen LogP contribution in [-0.4, -0.2) is 25.0 Å². The molecule has 1 heterocycles. The summed E-state index contributed by atoms with van der Waals surface area (Å²) in [5.74, 6) is 2.37. The summed E-state index contributed by atoms with van der Waals surface area (Å²) in [5.41, 5.74) is 0. The Morgan fingerprint density at radius 1 is 1.19 bits per heavy atom. The molecule has 1 saturated carbocycles. The molecule has 0 bridgehead atoms. The highest BCUT2D eigenvalue weighted by atomic mass is 16.1. The maximum Gasteiger partial charge on any atom is 0.220 e. The minimum atomic E-state index is 0.262. The van der Waals surface area contributed by atoms with Crippen LogP contribution in [-0.2, 0) is 4.79 Å². The summed E-state index contributed by atoms with van der Waals surface area (Å²) < 4.78 is 0. The Balaban J connectivity index is 1.72. The number of carbonyl (C=O) groups excluding carboxylic acids is 1. The average molecular weight is 224 g/mol. The van der Waals surface area contributed by atoms with Crippen LogP contribution in [0.2, 0.25) is 0 Å². The molecule has 0 aromatic carbocycles. The maximum absolute atomic E-state index is 11.8. The number of rotatable bonds is 3. The Labute approximate surface area is 98.4 Å². The van der Waals surface area contributed by atoms with E-state index in [2.05, 4.69) is 24.5 Å². The van der Waals surface area contributed by atoms with Gasteiger partial charge in [-0.2, -0.15) is 0 Å². The molecule has 3 heteroatoms. The molecule has 0 spiro atoms. The van der Waals surface area contributed by atoms with Gasteiger partial charge in [0, 0.05) is 12.5 Å². The molecule has 2 atom stereocenters. The van der Waals surface area contributed by atoms with Gasteiger partial charge in [-0.15, -0.1) is 0 Å². The van der Waals surface area contributed by atoms with Crippen molar-refractivity contribution < 1.29 is 4.79 Å². The standard InChI is InChI=1S/C13H24N2O/c1-9-3-10(2)5-12(4-9)15-13(16)6-11-7-14-8-11/h9-12,14H,3-8H2,1-2H3,(H,15,16). The first-order chi connectivity index (χ1) is 7.63. The Morgan fingerprint density at radius 3 is 2.31 bits per heavy atom. The predicted octanol–water partition coefficient (Wildman–Crippen LogP) is 1.54. The monoisotopic (exact) mass is 224 g/mol. The first kappa shape index (κ1) is 11.9. The van der Waals surface area contributed by atoms with Crippen LogP contribution in [0.25, 0.3) is 0 Å². The molecule has 2 aliphatic rings.